The van der Waals surface area contributed by atoms with E-state index >= 15 is 0 Å². The van der Waals surface area contributed by atoms with Crippen molar-refractivity contribution in [3.8, 4) is 5.75 Å². The molecule has 1 N–H and O–H groups in total. The number of hydrogen-bond acceptors (Lipinski definition) is 4. The van der Waals surface area contributed by atoms with Crippen LogP contribution < -0.4 is 15.0 Å². The van der Waals surface area contributed by atoms with Crippen molar-refractivity contribution in [1.29, 1.82) is 0 Å². The van der Waals surface area contributed by atoms with Gasteiger partial charge in [0.05, 0.1) is 13.5 Å². The number of pyridine rings is 1. The minimum atomic E-state index is -4.46. The van der Waals surface area contributed by atoms with Crippen LogP contribution in [0.15, 0.2) is 42.5 Å². The predicted molar refractivity (Wildman–Crippen MR) is 111 cm³/mol. The Hall–Kier alpha value is -2.90. The molecule has 0 spiro atoms. The van der Waals surface area contributed by atoms with E-state index < -0.39 is 11.9 Å². The molecule has 2 aromatic rings. The monoisotopic (exact) mass is 432 g/mol. The highest BCUT2D eigenvalue weighted by atomic mass is 19.4. The van der Waals surface area contributed by atoms with Gasteiger partial charge in [0.15, 0.2) is 6.04 Å². The first-order valence-corrected chi connectivity index (χ1v) is 10.5. The first-order valence-electron chi connectivity index (χ1n) is 10.5. The van der Waals surface area contributed by atoms with Crippen LogP contribution in [-0.2, 0) is 11.0 Å². The summed E-state index contributed by atoms with van der Waals surface area (Å²) in [4.78, 5) is 17.6. The van der Waals surface area contributed by atoms with Gasteiger partial charge in [-0.2, -0.15) is 13.2 Å². The third-order valence-corrected chi connectivity index (χ3v) is 5.87. The van der Waals surface area contributed by atoms with E-state index in [0.717, 1.165) is 30.9 Å². The highest BCUT2D eigenvalue weighted by molar-refractivity contribution is 5.79. The molecular formula is C23H25F3N3O2+. The van der Waals surface area contributed by atoms with Crippen LogP contribution in [0.2, 0.25) is 0 Å². The Morgan fingerprint density at radius 3 is 2.55 bits per heavy atom. The Balaban J connectivity index is 1.31. The van der Waals surface area contributed by atoms with Crippen molar-refractivity contribution in [2.24, 2.45) is 5.92 Å². The third-order valence-electron chi connectivity index (χ3n) is 5.87. The number of carbonyl (C=O) groups excluding carboxylic acids is 1. The highest BCUT2D eigenvalue weighted by Crippen LogP contribution is 2.30. The molecule has 164 valence electrons. The fourth-order valence-electron chi connectivity index (χ4n) is 3.80. The smallest absolute Gasteiger partial charge is 0.433 e. The number of halogens is 3. The second kappa shape index (κ2) is 8.69. The van der Waals surface area contributed by atoms with Crippen LogP contribution in [0.25, 0.3) is 0 Å². The molecule has 1 saturated heterocycles. The molecule has 1 amide bonds. The lowest BCUT2D eigenvalue weighted by Gasteiger charge is -2.24. The molecule has 1 aromatic carbocycles. The standard InChI is InChI=1S/C23H24F3N3O2/c1-15(27-22(30)17-4-2-5-17)16-8-10-18(11-9-16)31-19-12-13-29(14-19)21-7-3-6-20(28-21)23(24,25)26/h3,6-11,15,17,19H,1-2,4-5,12-14H2/p+1. The largest absolute Gasteiger partial charge is 0.489 e. The number of amides is 1. The van der Waals surface area contributed by atoms with Crippen LogP contribution in [0.5, 0.6) is 5.75 Å². The van der Waals surface area contributed by atoms with Gasteiger partial charge in [-0.1, -0.05) is 12.5 Å². The molecule has 1 aliphatic carbocycles. The van der Waals surface area contributed by atoms with Crippen molar-refractivity contribution in [3.63, 3.8) is 0 Å². The highest BCUT2D eigenvalue weighted by Gasteiger charge is 2.34. The van der Waals surface area contributed by atoms with Gasteiger partial charge in [-0.15, -0.1) is 0 Å². The van der Waals surface area contributed by atoms with Crippen LogP contribution >= 0.6 is 0 Å². The molecule has 1 aromatic heterocycles. The van der Waals surface area contributed by atoms with E-state index in [-0.39, 0.29) is 24.0 Å². The van der Waals surface area contributed by atoms with E-state index in [2.05, 4.69) is 17.2 Å². The summed E-state index contributed by atoms with van der Waals surface area (Å²) < 4.78 is 44.7. The zero-order chi connectivity index (χ0) is 22.0. The Morgan fingerprint density at radius 2 is 1.90 bits per heavy atom. The van der Waals surface area contributed by atoms with Gasteiger partial charge in [0.25, 0.3) is 0 Å². The number of nitrogens with zero attached hydrogens (tertiary/aromatic N) is 2. The maximum Gasteiger partial charge on any atom is 0.433 e. The summed E-state index contributed by atoms with van der Waals surface area (Å²) in [6.45, 7) is 5.06. The molecule has 2 unspecified atom stereocenters. The van der Waals surface area contributed by atoms with E-state index in [1.165, 1.54) is 6.07 Å². The summed E-state index contributed by atoms with van der Waals surface area (Å²) in [6.07, 6.45) is -0.921. The van der Waals surface area contributed by atoms with E-state index in [0.29, 0.717) is 31.1 Å². The topological polar surface area (TPSA) is 54.5 Å². The van der Waals surface area contributed by atoms with Crippen LogP contribution in [0.1, 0.15) is 43.0 Å². The number of ether oxygens (including phenoxy) is 1. The second-order valence-electron chi connectivity index (χ2n) is 8.11. The quantitative estimate of drug-likeness (QED) is 0.681. The number of alkyl halides is 3. The summed E-state index contributed by atoms with van der Waals surface area (Å²) in [6, 6.07) is 11.0. The lowest BCUT2D eigenvalue weighted by Crippen LogP contribution is -2.36. The number of rotatable bonds is 6. The van der Waals surface area contributed by atoms with Crippen molar-refractivity contribution in [1.82, 2.24) is 10.3 Å². The molecule has 1 saturated carbocycles. The molecule has 2 atom stereocenters. The van der Waals surface area contributed by atoms with Crippen LogP contribution in [0, 0.1) is 12.8 Å². The normalized spacial score (nSPS) is 20.2. The average Bonchev–Trinajstić information content (AvgIpc) is 3.15. The van der Waals surface area contributed by atoms with E-state index in [1.807, 2.05) is 24.3 Å². The van der Waals surface area contributed by atoms with Crippen LogP contribution in [0.3, 0.4) is 0 Å². The molecule has 2 heterocycles. The van der Waals surface area contributed by atoms with E-state index in [9.17, 15) is 18.0 Å². The van der Waals surface area contributed by atoms with Gasteiger partial charge in [-0.3, -0.25) is 4.79 Å². The zero-order valence-corrected chi connectivity index (χ0v) is 17.1. The van der Waals surface area contributed by atoms with Crippen LogP contribution in [-0.4, -0.2) is 30.1 Å². The molecule has 1 aliphatic heterocycles. The van der Waals surface area contributed by atoms with Gasteiger partial charge < -0.3 is 15.0 Å². The minimum absolute atomic E-state index is 0.0563. The van der Waals surface area contributed by atoms with Gasteiger partial charge in [0, 0.05) is 24.4 Å². The van der Waals surface area contributed by atoms with Crippen molar-refractivity contribution in [2.45, 2.75) is 44.0 Å². The molecule has 8 heteroatoms. The van der Waals surface area contributed by atoms with E-state index in [4.69, 9.17) is 4.74 Å². The molecular weight excluding hydrogens is 407 g/mol. The van der Waals surface area contributed by atoms with Crippen molar-refractivity contribution in [2.75, 3.05) is 18.0 Å². The van der Waals surface area contributed by atoms with Gasteiger partial charge in [-0.25, -0.2) is 4.98 Å². The average molecular weight is 432 g/mol. The molecule has 31 heavy (non-hydrogen) atoms. The SMILES string of the molecule is [CH2+]C(NC(=O)C1CCC1)c1ccc(OC2CCN(c3cccc(C(F)(F)F)n3)C2)cc1. The summed E-state index contributed by atoms with van der Waals surface area (Å²) in [5.74, 6) is 1.15. The van der Waals surface area contributed by atoms with Gasteiger partial charge in [0.1, 0.15) is 23.4 Å². The van der Waals surface area contributed by atoms with Crippen molar-refractivity contribution < 1.29 is 22.7 Å². The fraction of sp³-hybridized carbons (Fsp3) is 0.435. The summed E-state index contributed by atoms with van der Waals surface area (Å²) in [5.41, 5.74) is -0.00155. The lowest BCUT2D eigenvalue weighted by atomic mass is 9.84. The number of benzene rings is 1. The van der Waals surface area contributed by atoms with Gasteiger partial charge >= 0.3 is 6.18 Å². The van der Waals surface area contributed by atoms with E-state index in [1.54, 1.807) is 11.0 Å². The van der Waals surface area contributed by atoms with Gasteiger partial charge in [0.2, 0.25) is 5.91 Å². The zero-order valence-electron chi connectivity index (χ0n) is 17.1. The summed E-state index contributed by atoms with van der Waals surface area (Å²) >= 11 is 0. The second-order valence-corrected chi connectivity index (χ2v) is 8.11. The lowest BCUT2D eigenvalue weighted by molar-refractivity contribution is -0.141. The Kier molecular flexibility index (Phi) is 5.98. The molecule has 0 radical (unpaired) electrons. The predicted octanol–water partition coefficient (Wildman–Crippen LogP) is 4.55. The molecule has 4 rings (SSSR count). The summed E-state index contributed by atoms with van der Waals surface area (Å²) in [7, 11) is 0. The molecule has 2 fully saturated rings. The minimum Gasteiger partial charge on any atom is -0.489 e. The fourth-order valence-corrected chi connectivity index (χ4v) is 3.80. The Morgan fingerprint density at radius 1 is 1.16 bits per heavy atom. The Bertz CT molecular complexity index is 913. The van der Waals surface area contributed by atoms with Crippen molar-refractivity contribution >= 4 is 11.7 Å². The first kappa shape index (κ1) is 21.3. The number of aromatic nitrogens is 1. The number of nitrogens with one attached hydrogen (secondary N) is 1. The maximum atomic E-state index is 12.9. The summed E-state index contributed by atoms with van der Waals surface area (Å²) in [5, 5.41) is 2.95. The van der Waals surface area contributed by atoms with Gasteiger partial charge in [-0.05, 0) is 49.2 Å². The molecule has 5 nitrogen and oxygen atoms in total. The molecule has 0 bridgehead atoms. The third kappa shape index (κ3) is 5.06. The first-order chi connectivity index (χ1) is 14.8. The number of anilines is 1. The van der Waals surface area contributed by atoms with Crippen molar-refractivity contribution in [3.05, 3.63) is 60.6 Å². The molecule has 2 aliphatic rings. The maximum absolute atomic E-state index is 12.9. The number of carbonyl (C=O) groups is 1. The van der Waals surface area contributed by atoms with Crippen LogP contribution in [0.4, 0.5) is 19.0 Å². The number of hydrogen-bond donors (Lipinski definition) is 1. The Labute approximate surface area is 179 Å².